The van der Waals surface area contributed by atoms with Crippen molar-refractivity contribution in [2.24, 2.45) is 0 Å². The number of amides is 1. The summed E-state index contributed by atoms with van der Waals surface area (Å²) in [5, 5.41) is 5.63. The molecule has 2 saturated heterocycles. The number of anilines is 1. The van der Waals surface area contributed by atoms with Crippen molar-refractivity contribution >= 4 is 35.2 Å². The second kappa shape index (κ2) is 4.45. The summed E-state index contributed by atoms with van der Waals surface area (Å²) in [4.78, 5) is 13.7. The van der Waals surface area contributed by atoms with Crippen LogP contribution in [0.3, 0.4) is 0 Å². The molecule has 5 nitrogen and oxygen atoms in total. The zero-order chi connectivity index (χ0) is 12.5. The lowest BCUT2D eigenvalue weighted by atomic mass is 10.3. The monoisotopic (exact) mass is 263 g/mol. The number of rotatable bonds is 2. The lowest BCUT2D eigenvalue weighted by molar-refractivity contribution is -0.115. The number of thiocarbonyl (C=S) groups is 1. The molecule has 1 aromatic heterocycles. The molecule has 0 unspecified atom stereocenters. The van der Waals surface area contributed by atoms with Crippen molar-refractivity contribution in [3.63, 3.8) is 0 Å². The second-order valence-corrected chi connectivity index (χ2v) is 4.74. The van der Waals surface area contributed by atoms with Crippen molar-refractivity contribution in [2.75, 3.05) is 18.0 Å². The lowest BCUT2D eigenvalue weighted by Gasteiger charge is -2.12. The van der Waals surface area contributed by atoms with Crippen LogP contribution in [0.1, 0.15) is 18.6 Å². The summed E-state index contributed by atoms with van der Waals surface area (Å²) >= 11 is 4.86. The SMILES string of the molecule is O=C1NC(=S)N/C1=C/c1ccc(N2CCCC2)o1. The first-order chi connectivity index (χ1) is 8.72. The molecule has 0 aromatic carbocycles. The largest absolute Gasteiger partial charge is 0.441 e. The Kier molecular flexibility index (Phi) is 2.79. The molecule has 0 radical (unpaired) electrons. The van der Waals surface area contributed by atoms with Crippen molar-refractivity contribution < 1.29 is 9.21 Å². The Morgan fingerprint density at radius 2 is 2.06 bits per heavy atom. The maximum Gasteiger partial charge on any atom is 0.274 e. The molecule has 0 bridgehead atoms. The number of nitrogens with zero attached hydrogens (tertiary/aromatic N) is 1. The van der Waals surface area contributed by atoms with Crippen LogP contribution in [0.5, 0.6) is 0 Å². The van der Waals surface area contributed by atoms with Gasteiger partial charge in [0.25, 0.3) is 5.91 Å². The minimum absolute atomic E-state index is 0.223. The zero-order valence-corrected chi connectivity index (χ0v) is 10.5. The Morgan fingerprint density at radius 1 is 1.28 bits per heavy atom. The third kappa shape index (κ3) is 2.11. The van der Waals surface area contributed by atoms with Gasteiger partial charge in [-0.25, -0.2) is 0 Å². The van der Waals surface area contributed by atoms with Crippen LogP contribution in [0.25, 0.3) is 6.08 Å². The van der Waals surface area contributed by atoms with Crippen molar-refractivity contribution in [3.8, 4) is 0 Å². The van der Waals surface area contributed by atoms with Gasteiger partial charge in [-0.3, -0.25) is 10.1 Å². The molecule has 94 valence electrons. The van der Waals surface area contributed by atoms with Gasteiger partial charge in [-0.2, -0.15) is 0 Å². The summed E-state index contributed by atoms with van der Waals surface area (Å²) in [6, 6.07) is 3.79. The normalized spacial score (nSPS) is 21.6. The van der Waals surface area contributed by atoms with Crippen LogP contribution in [0.15, 0.2) is 22.2 Å². The van der Waals surface area contributed by atoms with Gasteiger partial charge in [0.1, 0.15) is 11.5 Å². The third-order valence-corrected chi connectivity index (χ3v) is 3.24. The third-order valence-electron chi connectivity index (χ3n) is 3.04. The number of hydrogen-bond donors (Lipinski definition) is 2. The van der Waals surface area contributed by atoms with Crippen LogP contribution in [0.4, 0.5) is 5.88 Å². The zero-order valence-electron chi connectivity index (χ0n) is 9.73. The van der Waals surface area contributed by atoms with Gasteiger partial charge in [0.15, 0.2) is 11.0 Å². The van der Waals surface area contributed by atoms with Gasteiger partial charge >= 0.3 is 0 Å². The predicted molar refractivity (Wildman–Crippen MR) is 72.0 cm³/mol. The van der Waals surface area contributed by atoms with Crippen LogP contribution < -0.4 is 15.5 Å². The summed E-state index contributed by atoms with van der Waals surface area (Å²) in [6.07, 6.45) is 4.07. The highest BCUT2D eigenvalue weighted by atomic mass is 32.1. The van der Waals surface area contributed by atoms with Gasteiger partial charge in [0.2, 0.25) is 0 Å². The molecular weight excluding hydrogens is 250 g/mol. The summed E-state index contributed by atoms with van der Waals surface area (Å²) in [5.41, 5.74) is 0.419. The number of furan rings is 1. The molecule has 0 saturated carbocycles. The van der Waals surface area contributed by atoms with E-state index < -0.39 is 0 Å². The van der Waals surface area contributed by atoms with E-state index in [1.165, 1.54) is 12.8 Å². The van der Waals surface area contributed by atoms with E-state index in [2.05, 4.69) is 15.5 Å². The van der Waals surface area contributed by atoms with Crippen LogP contribution in [-0.2, 0) is 4.79 Å². The molecule has 0 aliphatic carbocycles. The van der Waals surface area contributed by atoms with E-state index >= 15 is 0 Å². The Balaban J connectivity index is 1.79. The standard InChI is InChI=1S/C12H13N3O2S/c16-11-9(13-12(18)14-11)7-8-3-4-10(17-8)15-5-1-2-6-15/h3-4,7H,1-2,5-6H2,(H2,13,14,16,18)/b9-7+. The van der Waals surface area contributed by atoms with Gasteiger partial charge < -0.3 is 14.6 Å². The molecule has 1 amide bonds. The van der Waals surface area contributed by atoms with E-state index in [1.807, 2.05) is 12.1 Å². The first kappa shape index (κ1) is 11.3. The summed E-state index contributed by atoms with van der Waals surface area (Å²) in [6.45, 7) is 2.07. The molecule has 0 atom stereocenters. The fraction of sp³-hybridized carbons (Fsp3) is 0.333. The van der Waals surface area contributed by atoms with Crippen molar-refractivity contribution in [1.29, 1.82) is 0 Å². The van der Waals surface area contributed by atoms with Gasteiger partial charge in [-0.15, -0.1) is 0 Å². The van der Waals surface area contributed by atoms with Crippen LogP contribution in [-0.4, -0.2) is 24.1 Å². The van der Waals surface area contributed by atoms with Crippen LogP contribution in [0, 0.1) is 0 Å². The van der Waals surface area contributed by atoms with Gasteiger partial charge in [0.05, 0.1) is 0 Å². The summed E-state index contributed by atoms with van der Waals surface area (Å²) < 4.78 is 5.70. The molecule has 2 fully saturated rings. The van der Waals surface area contributed by atoms with Crippen molar-refractivity contribution in [1.82, 2.24) is 10.6 Å². The van der Waals surface area contributed by atoms with Crippen molar-refractivity contribution in [2.45, 2.75) is 12.8 Å². The van der Waals surface area contributed by atoms with E-state index in [4.69, 9.17) is 16.6 Å². The Bertz CT molecular complexity index is 529. The average Bonchev–Trinajstić information content (AvgIpc) is 3.02. The predicted octanol–water partition coefficient (Wildman–Crippen LogP) is 1.23. The number of carbonyl (C=O) groups is 1. The number of hydrogen-bond acceptors (Lipinski definition) is 4. The van der Waals surface area contributed by atoms with E-state index in [0.717, 1.165) is 19.0 Å². The Hall–Kier alpha value is -1.82. The highest BCUT2D eigenvalue weighted by Gasteiger charge is 2.21. The van der Waals surface area contributed by atoms with Gasteiger partial charge in [-0.1, -0.05) is 0 Å². The molecule has 2 N–H and O–H groups in total. The van der Waals surface area contributed by atoms with E-state index in [0.29, 0.717) is 16.6 Å². The topological polar surface area (TPSA) is 57.5 Å². The first-order valence-electron chi connectivity index (χ1n) is 5.91. The van der Waals surface area contributed by atoms with E-state index in [-0.39, 0.29) is 5.91 Å². The van der Waals surface area contributed by atoms with Crippen LogP contribution in [0.2, 0.25) is 0 Å². The first-order valence-corrected chi connectivity index (χ1v) is 6.32. The summed E-state index contributed by atoms with van der Waals surface area (Å²) in [7, 11) is 0. The maximum atomic E-state index is 11.5. The van der Waals surface area contributed by atoms with E-state index in [9.17, 15) is 4.79 Å². The molecule has 18 heavy (non-hydrogen) atoms. The quantitative estimate of drug-likeness (QED) is 0.621. The minimum atomic E-state index is -0.223. The number of nitrogens with one attached hydrogen (secondary N) is 2. The van der Waals surface area contributed by atoms with Crippen LogP contribution >= 0.6 is 12.2 Å². The number of carbonyl (C=O) groups excluding carboxylic acids is 1. The summed E-state index contributed by atoms with van der Waals surface area (Å²) in [5.74, 6) is 1.29. The lowest BCUT2D eigenvalue weighted by Crippen LogP contribution is -2.21. The molecule has 3 heterocycles. The highest BCUT2D eigenvalue weighted by molar-refractivity contribution is 7.80. The van der Waals surface area contributed by atoms with E-state index in [1.54, 1.807) is 6.08 Å². The highest BCUT2D eigenvalue weighted by Crippen LogP contribution is 2.24. The molecule has 2 aliphatic heterocycles. The Labute approximate surface area is 110 Å². The fourth-order valence-corrected chi connectivity index (χ4v) is 2.35. The average molecular weight is 263 g/mol. The smallest absolute Gasteiger partial charge is 0.274 e. The van der Waals surface area contributed by atoms with Gasteiger partial charge in [-0.05, 0) is 31.1 Å². The molecule has 3 rings (SSSR count). The van der Waals surface area contributed by atoms with Crippen molar-refractivity contribution in [3.05, 3.63) is 23.6 Å². The molecule has 0 spiro atoms. The second-order valence-electron chi connectivity index (χ2n) is 4.34. The maximum absolute atomic E-state index is 11.5. The molecule has 2 aliphatic rings. The molecular formula is C12H13N3O2S. The minimum Gasteiger partial charge on any atom is -0.441 e. The molecule has 6 heteroatoms. The fourth-order valence-electron chi connectivity index (χ4n) is 2.15. The van der Waals surface area contributed by atoms with Gasteiger partial charge in [0, 0.05) is 25.2 Å². The Morgan fingerprint density at radius 3 is 2.72 bits per heavy atom. The molecule has 1 aromatic rings.